The number of hydrogen-bond donors (Lipinski definition) is 1. The molecule has 1 unspecified atom stereocenters. The summed E-state index contributed by atoms with van der Waals surface area (Å²) < 4.78 is 5.18. The van der Waals surface area contributed by atoms with Crippen LogP contribution < -0.4 is 5.32 Å². The lowest BCUT2D eigenvalue weighted by atomic mass is 9.98. The predicted molar refractivity (Wildman–Crippen MR) is 71.8 cm³/mol. The van der Waals surface area contributed by atoms with E-state index in [1.54, 1.807) is 12.1 Å². The van der Waals surface area contributed by atoms with Crippen molar-refractivity contribution in [3.05, 3.63) is 35.4 Å². The molecule has 0 spiro atoms. The quantitative estimate of drug-likeness (QED) is 0.843. The lowest BCUT2D eigenvalue weighted by Crippen LogP contribution is -2.42. The van der Waals surface area contributed by atoms with Crippen molar-refractivity contribution in [2.45, 2.75) is 32.8 Å². The molecule has 0 aliphatic carbocycles. The van der Waals surface area contributed by atoms with Crippen molar-refractivity contribution in [1.82, 2.24) is 5.32 Å². The molecule has 0 saturated carbocycles. The van der Waals surface area contributed by atoms with Crippen molar-refractivity contribution in [1.29, 1.82) is 0 Å². The molecule has 4 heteroatoms. The van der Waals surface area contributed by atoms with Gasteiger partial charge in [0.15, 0.2) is 6.10 Å². The highest BCUT2D eigenvalue weighted by Crippen LogP contribution is 2.20. The number of carbonyl (C=O) groups is 2. The summed E-state index contributed by atoms with van der Waals surface area (Å²) in [5, 5.41) is 2.82. The highest BCUT2D eigenvalue weighted by Gasteiger charge is 2.30. The number of benzene rings is 1. The van der Waals surface area contributed by atoms with Crippen molar-refractivity contribution in [2.24, 2.45) is 5.92 Å². The number of fused-ring (bicyclic) bond motifs is 1. The van der Waals surface area contributed by atoms with Crippen molar-refractivity contribution in [3.63, 3.8) is 0 Å². The minimum absolute atomic E-state index is 0.205. The van der Waals surface area contributed by atoms with Gasteiger partial charge in [-0.05, 0) is 24.0 Å². The van der Waals surface area contributed by atoms with Crippen molar-refractivity contribution >= 4 is 11.9 Å². The van der Waals surface area contributed by atoms with Crippen LogP contribution in [-0.4, -0.2) is 24.5 Å². The number of cyclic esters (lactones) is 1. The van der Waals surface area contributed by atoms with Gasteiger partial charge in [0.25, 0.3) is 5.91 Å². The fourth-order valence-electron chi connectivity index (χ4n) is 2.08. The summed E-state index contributed by atoms with van der Waals surface area (Å²) in [6.07, 6.45) is 0.674. The van der Waals surface area contributed by atoms with Gasteiger partial charge in [-0.25, -0.2) is 4.79 Å². The van der Waals surface area contributed by atoms with Gasteiger partial charge in [0, 0.05) is 13.0 Å². The minimum atomic E-state index is -0.699. The smallest absolute Gasteiger partial charge is 0.339 e. The Morgan fingerprint density at radius 1 is 1.42 bits per heavy atom. The van der Waals surface area contributed by atoms with Gasteiger partial charge in [-0.15, -0.1) is 0 Å². The van der Waals surface area contributed by atoms with Crippen molar-refractivity contribution in [2.75, 3.05) is 6.54 Å². The molecule has 2 rings (SSSR count). The van der Waals surface area contributed by atoms with E-state index in [9.17, 15) is 9.59 Å². The standard InChI is InChI=1S/C15H19NO3/c1-10(2)7-8-16-14(17)13-9-11-5-3-4-6-12(11)15(18)19-13/h3-6,10,13H,7-9H2,1-2H3,(H,16,17). The topological polar surface area (TPSA) is 55.4 Å². The van der Waals surface area contributed by atoms with E-state index in [0.717, 1.165) is 12.0 Å². The zero-order chi connectivity index (χ0) is 13.8. The van der Waals surface area contributed by atoms with Crippen LogP contribution in [0.5, 0.6) is 0 Å². The van der Waals surface area contributed by atoms with Gasteiger partial charge in [0.05, 0.1) is 5.56 Å². The highest BCUT2D eigenvalue weighted by molar-refractivity contribution is 5.95. The van der Waals surface area contributed by atoms with Crippen LogP contribution >= 0.6 is 0 Å². The van der Waals surface area contributed by atoms with Gasteiger partial charge in [-0.2, -0.15) is 0 Å². The summed E-state index contributed by atoms with van der Waals surface area (Å²) in [6, 6.07) is 7.25. The van der Waals surface area contributed by atoms with Crippen LogP contribution in [0.25, 0.3) is 0 Å². The molecule has 0 radical (unpaired) electrons. The van der Waals surface area contributed by atoms with Gasteiger partial charge < -0.3 is 10.1 Å². The number of hydrogen-bond acceptors (Lipinski definition) is 3. The molecular formula is C15H19NO3. The molecule has 1 aliphatic heterocycles. The summed E-state index contributed by atoms with van der Waals surface area (Å²) in [4.78, 5) is 23.7. The highest BCUT2D eigenvalue weighted by atomic mass is 16.5. The molecule has 1 aromatic rings. The molecule has 0 aromatic heterocycles. The second-order valence-corrected chi connectivity index (χ2v) is 5.23. The second-order valence-electron chi connectivity index (χ2n) is 5.23. The normalized spacial score (nSPS) is 17.8. The fourth-order valence-corrected chi connectivity index (χ4v) is 2.08. The summed E-state index contributed by atoms with van der Waals surface area (Å²) in [6.45, 7) is 4.82. The molecule has 1 aliphatic rings. The van der Waals surface area contributed by atoms with Crippen LogP contribution in [0.1, 0.15) is 36.2 Å². The molecule has 4 nitrogen and oxygen atoms in total. The molecule has 1 heterocycles. The summed E-state index contributed by atoms with van der Waals surface area (Å²) in [5.41, 5.74) is 1.44. The Labute approximate surface area is 113 Å². The van der Waals surface area contributed by atoms with Crippen molar-refractivity contribution in [3.8, 4) is 0 Å². The van der Waals surface area contributed by atoms with Gasteiger partial charge in [-0.3, -0.25) is 4.79 Å². The zero-order valence-electron chi connectivity index (χ0n) is 11.3. The van der Waals surface area contributed by atoms with E-state index in [1.807, 2.05) is 12.1 Å². The van der Waals surface area contributed by atoms with Crippen LogP contribution in [0.15, 0.2) is 24.3 Å². The molecule has 1 aromatic carbocycles. The molecule has 0 saturated heterocycles. The first-order valence-corrected chi connectivity index (χ1v) is 6.64. The first-order valence-electron chi connectivity index (χ1n) is 6.64. The molecule has 19 heavy (non-hydrogen) atoms. The van der Waals surface area contributed by atoms with Crippen LogP contribution in [0.4, 0.5) is 0 Å². The molecule has 1 N–H and O–H groups in total. The average Bonchev–Trinajstić information content (AvgIpc) is 2.38. The second kappa shape index (κ2) is 5.87. The molecule has 0 bridgehead atoms. The Kier molecular flexibility index (Phi) is 4.20. The summed E-state index contributed by atoms with van der Waals surface area (Å²) >= 11 is 0. The predicted octanol–water partition coefficient (Wildman–Crippen LogP) is 1.93. The van der Waals surface area contributed by atoms with Gasteiger partial charge in [0.2, 0.25) is 0 Å². The van der Waals surface area contributed by atoms with Crippen LogP contribution in [0.3, 0.4) is 0 Å². The summed E-state index contributed by atoms with van der Waals surface area (Å²) in [5.74, 6) is -0.0794. The summed E-state index contributed by atoms with van der Waals surface area (Å²) in [7, 11) is 0. The SMILES string of the molecule is CC(C)CCNC(=O)C1Cc2ccccc2C(=O)O1. The third-order valence-electron chi connectivity index (χ3n) is 3.21. The van der Waals surface area contributed by atoms with Gasteiger partial charge in [-0.1, -0.05) is 32.0 Å². The first kappa shape index (κ1) is 13.6. The van der Waals surface area contributed by atoms with E-state index in [-0.39, 0.29) is 5.91 Å². The lowest BCUT2D eigenvalue weighted by molar-refractivity contribution is -0.130. The van der Waals surface area contributed by atoms with Gasteiger partial charge in [0.1, 0.15) is 0 Å². The zero-order valence-corrected chi connectivity index (χ0v) is 11.3. The third kappa shape index (κ3) is 3.34. The van der Waals surface area contributed by atoms with Crippen molar-refractivity contribution < 1.29 is 14.3 Å². The van der Waals surface area contributed by atoms with E-state index < -0.39 is 12.1 Å². The van der Waals surface area contributed by atoms with Crippen LogP contribution in [-0.2, 0) is 16.0 Å². The number of carbonyl (C=O) groups excluding carboxylic acids is 2. The maximum Gasteiger partial charge on any atom is 0.339 e. The van der Waals surface area contributed by atoms with Gasteiger partial charge >= 0.3 is 5.97 Å². The molecule has 102 valence electrons. The Balaban J connectivity index is 1.97. The maximum atomic E-state index is 11.9. The molecule has 1 amide bonds. The third-order valence-corrected chi connectivity index (χ3v) is 3.21. The maximum absolute atomic E-state index is 11.9. The van der Waals surface area contributed by atoms with E-state index in [2.05, 4.69) is 19.2 Å². The number of ether oxygens (including phenoxy) is 1. The van der Waals surface area contributed by atoms with Crippen LogP contribution in [0.2, 0.25) is 0 Å². The van der Waals surface area contributed by atoms with E-state index in [0.29, 0.717) is 24.4 Å². The van der Waals surface area contributed by atoms with E-state index in [1.165, 1.54) is 0 Å². The Hall–Kier alpha value is -1.84. The number of rotatable bonds is 4. The monoisotopic (exact) mass is 261 g/mol. The van der Waals surface area contributed by atoms with Crippen LogP contribution in [0, 0.1) is 5.92 Å². The lowest BCUT2D eigenvalue weighted by Gasteiger charge is -2.23. The number of nitrogens with one attached hydrogen (secondary N) is 1. The Morgan fingerprint density at radius 2 is 2.16 bits per heavy atom. The van der Waals surface area contributed by atoms with E-state index >= 15 is 0 Å². The largest absolute Gasteiger partial charge is 0.448 e. The molecular weight excluding hydrogens is 242 g/mol. The Bertz CT molecular complexity index is 482. The minimum Gasteiger partial charge on any atom is -0.448 e. The fraction of sp³-hybridized carbons (Fsp3) is 0.467. The molecule has 0 fully saturated rings. The first-order chi connectivity index (χ1) is 9.08. The number of amides is 1. The number of esters is 1. The Morgan fingerprint density at radius 3 is 2.89 bits per heavy atom. The molecule has 1 atom stereocenters. The average molecular weight is 261 g/mol. The van der Waals surface area contributed by atoms with E-state index in [4.69, 9.17) is 4.74 Å².